The van der Waals surface area contributed by atoms with Crippen molar-refractivity contribution in [2.45, 2.75) is 70.5 Å². The Bertz CT molecular complexity index is 306. The topological polar surface area (TPSA) is 12.0 Å². The van der Waals surface area contributed by atoms with Crippen LogP contribution in [0.1, 0.15) is 58.3 Å². The van der Waals surface area contributed by atoms with Crippen LogP contribution >= 0.6 is 0 Å². The van der Waals surface area contributed by atoms with Crippen LogP contribution in [0, 0.1) is 24.2 Å². The van der Waals surface area contributed by atoms with E-state index in [0.29, 0.717) is 19.3 Å². The van der Waals surface area contributed by atoms with Crippen LogP contribution in [0.25, 0.3) is 0 Å². The fourth-order valence-corrected chi connectivity index (χ4v) is 3.15. The van der Waals surface area contributed by atoms with Crippen LogP contribution in [0.4, 0.5) is 13.2 Å². The Morgan fingerprint density at radius 1 is 1.35 bits per heavy atom. The minimum Gasteiger partial charge on any atom is -0.314 e. The lowest BCUT2D eigenvalue weighted by molar-refractivity contribution is -0.186. The number of alkyl halides is 3. The van der Waals surface area contributed by atoms with E-state index in [4.69, 9.17) is 6.42 Å². The number of hydrogen-bond donors (Lipinski definition) is 1. The zero-order valence-electron chi connectivity index (χ0n) is 12.3. The van der Waals surface area contributed by atoms with Gasteiger partial charge in [0.1, 0.15) is 0 Å². The van der Waals surface area contributed by atoms with Gasteiger partial charge in [-0.1, -0.05) is 13.3 Å². The molecule has 1 fully saturated rings. The van der Waals surface area contributed by atoms with Gasteiger partial charge in [0.15, 0.2) is 0 Å². The Hall–Kier alpha value is -0.690. The maximum Gasteiger partial charge on any atom is 0.391 e. The van der Waals surface area contributed by atoms with Crippen LogP contribution in [-0.2, 0) is 0 Å². The third-order valence-corrected chi connectivity index (χ3v) is 4.24. The lowest BCUT2D eigenvalue weighted by Crippen LogP contribution is -2.41. The lowest BCUT2D eigenvalue weighted by atomic mass is 9.76. The van der Waals surface area contributed by atoms with Crippen molar-refractivity contribution in [1.82, 2.24) is 5.32 Å². The molecule has 4 heteroatoms. The van der Waals surface area contributed by atoms with Crippen LogP contribution in [0.2, 0.25) is 0 Å². The minimum atomic E-state index is -4.03. The smallest absolute Gasteiger partial charge is 0.314 e. The highest BCUT2D eigenvalue weighted by Gasteiger charge is 2.43. The number of rotatable bonds is 7. The first-order valence-electron chi connectivity index (χ1n) is 7.72. The number of unbranched alkanes of at least 4 members (excludes halogenated alkanes) is 1. The highest BCUT2D eigenvalue weighted by atomic mass is 19.4. The Morgan fingerprint density at radius 2 is 2.10 bits per heavy atom. The van der Waals surface area contributed by atoms with Crippen LogP contribution in [0.15, 0.2) is 0 Å². The van der Waals surface area contributed by atoms with E-state index in [1.807, 2.05) is 0 Å². The van der Waals surface area contributed by atoms with Crippen molar-refractivity contribution in [1.29, 1.82) is 0 Å². The molecule has 1 N–H and O–H groups in total. The van der Waals surface area contributed by atoms with Crippen LogP contribution in [0.3, 0.4) is 0 Å². The van der Waals surface area contributed by atoms with E-state index >= 15 is 0 Å². The monoisotopic (exact) mass is 289 g/mol. The van der Waals surface area contributed by atoms with Gasteiger partial charge in [0, 0.05) is 12.5 Å². The van der Waals surface area contributed by atoms with Crippen LogP contribution in [-0.4, -0.2) is 18.8 Å². The van der Waals surface area contributed by atoms with E-state index in [0.717, 1.165) is 32.2 Å². The molecule has 1 rings (SSSR count). The molecule has 0 aromatic heterocycles. The summed E-state index contributed by atoms with van der Waals surface area (Å²) in [6, 6.07) is 0.188. The van der Waals surface area contributed by atoms with Gasteiger partial charge < -0.3 is 5.32 Å². The summed E-state index contributed by atoms with van der Waals surface area (Å²) in [7, 11) is 0. The van der Waals surface area contributed by atoms with E-state index < -0.39 is 12.1 Å². The van der Waals surface area contributed by atoms with E-state index in [2.05, 4.69) is 18.2 Å². The first-order chi connectivity index (χ1) is 9.49. The van der Waals surface area contributed by atoms with Crippen molar-refractivity contribution in [2.24, 2.45) is 11.8 Å². The molecule has 0 spiro atoms. The molecule has 0 aromatic carbocycles. The second-order valence-corrected chi connectivity index (χ2v) is 5.82. The Labute approximate surface area is 120 Å². The molecule has 1 nitrogen and oxygen atoms in total. The van der Waals surface area contributed by atoms with Gasteiger partial charge in [-0.05, 0) is 51.0 Å². The third-order valence-electron chi connectivity index (χ3n) is 4.24. The van der Waals surface area contributed by atoms with Crippen molar-refractivity contribution in [3.05, 3.63) is 0 Å². The number of nitrogens with one attached hydrogen (secondary N) is 1. The van der Waals surface area contributed by atoms with Crippen LogP contribution in [0.5, 0.6) is 0 Å². The molecule has 0 saturated heterocycles. The fourth-order valence-electron chi connectivity index (χ4n) is 3.15. The van der Waals surface area contributed by atoms with Crippen LogP contribution < -0.4 is 5.32 Å². The highest BCUT2D eigenvalue weighted by molar-refractivity contribution is 4.88. The molecule has 0 amide bonds. The Kier molecular flexibility index (Phi) is 7.43. The maximum absolute atomic E-state index is 12.9. The SMILES string of the molecule is C#CCCCC(NCCC)C1CCCC(C(F)(F)F)C1. The zero-order valence-corrected chi connectivity index (χ0v) is 12.3. The molecule has 1 saturated carbocycles. The second-order valence-electron chi connectivity index (χ2n) is 5.82. The summed E-state index contributed by atoms with van der Waals surface area (Å²) in [5, 5.41) is 3.43. The fraction of sp³-hybridized carbons (Fsp3) is 0.875. The number of halogens is 3. The van der Waals surface area contributed by atoms with Gasteiger partial charge in [-0.15, -0.1) is 12.3 Å². The first-order valence-corrected chi connectivity index (χ1v) is 7.72. The summed E-state index contributed by atoms with van der Waals surface area (Å²) in [5.41, 5.74) is 0. The zero-order chi connectivity index (χ0) is 15.0. The highest BCUT2D eigenvalue weighted by Crippen LogP contribution is 2.41. The van der Waals surface area contributed by atoms with Gasteiger partial charge in [-0.3, -0.25) is 0 Å². The van der Waals surface area contributed by atoms with E-state index in [1.54, 1.807) is 0 Å². The molecule has 0 aliphatic heterocycles. The number of hydrogen-bond acceptors (Lipinski definition) is 1. The van der Waals surface area contributed by atoms with Crippen molar-refractivity contribution in [3.8, 4) is 12.3 Å². The first kappa shape index (κ1) is 17.4. The van der Waals surface area contributed by atoms with Gasteiger partial charge in [0.25, 0.3) is 0 Å². The van der Waals surface area contributed by atoms with Crippen molar-refractivity contribution < 1.29 is 13.2 Å². The molecule has 3 unspecified atom stereocenters. The van der Waals surface area contributed by atoms with E-state index in [-0.39, 0.29) is 18.4 Å². The Balaban J connectivity index is 2.57. The molecule has 116 valence electrons. The quantitative estimate of drug-likeness (QED) is 0.536. The normalized spacial score (nSPS) is 25.1. The number of terminal acetylenes is 1. The summed E-state index contributed by atoms with van der Waals surface area (Å²) in [4.78, 5) is 0. The van der Waals surface area contributed by atoms with Gasteiger partial charge >= 0.3 is 6.18 Å². The van der Waals surface area contributed by atoms with Crippen molar-refractivity contribution >= 4 is 0 Å². The summed E-state index contributed by atoms with van der Waals surface area (Å²) in [6.45, 7) is 2.94. The third kappa shape index (κ3) is 5.75. The van der Waals surface area contributed by atoms with Gasteiger partial charge in [-0.2, -0.15) is 13.2 Å². The summed E-state index contributed by atoms with van der Waals surface area (Å²) in [6.07, 6.45) is 6.88. The minimum absolute atomic E-state index is 0.139. The average Bonchev–Trinajstić information content (AvgIpc) is 2.42. The second kappa shape index (κ2) is 8.56. The summed E-state index contributed by atoms with van der Waals surface area (Å²) < 4.78 is 38.7. The van der Waals surface area contributed by atoms with Crippen molar-refractivity contribution in [3.63, 3.8) is 0 Å². The molecular formula is C16H26F3N. The molecule has 20 heavy (non-hydrogen) atoms. The molecule has 1 aliphatic carbocycles. The van der Waals surface area contributed by atoms with Crippen molar-refractivity contribution in [2.75, 3.05) is 6.54 Å². The lowest BCUT2D eigenvalue weighted by Gasteiger charge is -2.36. The molecule has 0 heterocycles. The predicted molar refractivity (Wildman–Crippen MR) is 76.3 cm³/mol. The predicted octanol–water partition coefficient (Wildman–Crippen LogP) is 4.53. The molecule has 1 aliphatic rings. The summed E-state index contributed by atoms with van der Waals surface area (Å²) >= 11 is 0. The summed E-state index contributed by atoms with van der Waals surface area (Å²) in [5.74, 6) is 1.63. The largest absolute Gasteiger partial charge is 0.391 e. The molecule has 0 radical (unpaired) electrons. The van der Waals surface area contributed by atoms with Gasteiger partial charge in [-0.25, -0.2) is 0 Å². The van der Waals surface area contributed by atoms with E-state index in [9.17, 15) is 13.2 Å². The molecule has 0 aromatic rings. The standard InChI is InChI=1S/C16H26F3N/c1-3-5-6-10-15(20-11-4-2)13-8-7-9-14(12-13)16(17,18)19/h1,13-15,20H,4-12H2,2H3. The molecule has 3 atom stereocenters. The van der Waals surface area contributed by atoms with Gasteiger partial charge in [0.2, 0.25) is 0 Å². The van der Waals surface area contributed by atoms with E-state index in [1.165, 1.54) is 0 Å². The maximum atomic E-state index is 12.9. The average molecular weight is 289 g/mol. The molecule has 0 bridgehead atoms. The van der Waals surface area contributed by atoms with Gasteiger partial charge in [0.05, 0.1) is 5.92 Å². The Morgan fingerprint density at radius 3 is 2.70 bits per heavy atom. The molecular weight excluding hydrogens is 263 g/mol.